The Labute approximate surface area is 137 Å². The molecule has 0 aromatic heterocycles. The average Bonchev–Trinajstić information content (AvgIpc) is 2.29. The van der Waals surface area contributed by atoms with Crippen LogP contribution in [-0.4, -0.2) is 35.7 Å². The molecule has 0 spiro atoms. The van der Waals surface area contributed by atoms with E-state index in [1.54, 1.807) is 4.90 Å². The topological polar surface area (TPSA) is 55.6 Å². The van der Waals surface area contributed by atoms with Gasteiger partial charge in [-0.05, 0) is 51.3 Å². The SMILES string of the molecule is Cc1cc(CC(N)C2CN(C(=O)OC(C)(C)C)C2)ccc1Cl. The summed E-state index contributed by atoms with van der Waals surface area (Å²) in [6.07, 6.45) is 0.545. The standard InChI is InChI=1S/C17H25ClN2O2/c1-11-7-12(5-6-14(11)18)8-15(19)13-9-20(10-13)16(21)22-17(2,3)4/h5-7,13,15H,8-10,19H2,1-4H3. The number of benzene rings is 1. The highest BCUT2D eigenvalue weighted by atomic mass is 35.5. The molecule has 0 bridgehead atoms. The molecule has 1 fully saturated rings. The summed E-state index contributed by atoms with van der Waals surface area (Å²) in [5.41, 5.74) is 8.07. The van der Waals surface area contributed by atoms with E-state index in [9.17, 15) is 4.79 Å². The molecule has 2 rings (SSSR count). The Morgan fingerprint density at radius 3 is 2.64 bits per heavy atom. The second kappa shape index (κ2) is 6.47. The summed E-state index contributed by atoms with van der Waals surface area (Å²) in [6.45, 7) is 8.95. The molecule has 1 amide bonds. The molecular formula is C17H25ClN2O2. The van der Waals surface area contributed by atoms with E-state index in [1.165, 1.54) is 5.56 Å². The van der Waals surface area contributed by atoms with Crippen molar-refractivity contribution in [3.05, 3.63) is 34.3 Å². The first kappa shape index (κ1) is 17.1. The van der Waals surface area contributed by atoms with E-state index in [0.717, 1.165) is 17.0 Å². The van der Waals surface area contributed by atoms with Crippen molar-refractivity contribution in [3.8, 4) is 0 Å². The summed E-state index contributed by atoms with van der Waals surface area (Å²) in [5, 5.41) is 0.775. The Bertz CT molecular complexity index is 548. The largest absolute Gasteiger partial charge is 0.444 e. The van der Waals surface area contributed by atoms with Crippen molar-refractivity contribution in [3.63, 3.8) is 0 Å². The van der Waals surface area contributed by atoms with Gasteiger partial charge in [-0.25, -0.2) is 4.79 Å². The van der Waals surface area contributed by atoms with Gasteiger partial charge in [-0.15, -0.1) is 0 Å². The average molecular weight is 325 g/mol. The molecule has 1 unspecified atom stereocenters. The van der Waals surface area contributed by atoms with Crippen LogP contribution >= 0.6 is 11.6 Å². The smallest absolute Gasteiger partial charge is 0.410 e. The van der Waals surface area contributed by atoms with Crippen molar-refractivity contribution in [1.82, 2.24) is 4.90 Å². The highest BCUT2D eigenvalue weighted by Gasteiger charge is 2.36. The van der Waals surface area contributed by atoms with Crippen LogP contribution in [0, 0.1) is 12.8 Å². The number of hydrogen-bond donors (Lipinski definition) is 1. The summed E-state index contributed by atoms with van der Waals surface area (Å²) >= 11 is 6.04. The van der Waals surface area contributed by atoms with Gasteiger partial charge in [0, 0.05) is 30.1 Å². The van der Waals surface area contributed by atoms with Crippen molar-refractivity contribution in [2.24, 2.45) is 11.7 Å². The first-order valence-corrected chi connectivity index (χ1v) is 8.02. The number of aryl methyl sites for hydroxylation is 1. The number of carbonyl (C=O) groups is 1. The second-order valence-corrected chi connectivity index (χ2v) is 7.50. The number of rotatable bonds is 3. The number of carbonyl (C=O) groups excluding carboxylic acids is 1. The maximum Gasteiger partial charge on any atom is 0.410 e. The molecule has 1 atom stereocenters. The van der Waals surface area contributed by atoms with Gasteiger partial charge in [-0.2, -0.15) is 0 Å². The first-order chi connectivity index (χ1) is 10.2. The van der Waals surface area contributed by atoms with Gasteiger partial charge in [0.1, 0.15) is 5.60 Å². The van der Waals surface area contributed by atoms with E-state index in [2.05, 4.69) is 6.07 Å². The number of amides is 1. The van der Waals surface area contributed by atoms with E-state index < -0.39 is 5.60 Å². The Morgan fingerprint density at radius 1 is 1.45 bits per heavy atom. The first-order valence-electron chi connectivity index (χ1n) is 7.64. The lowest BCUT2D eigenvalue weighted by atomic mass is 9.88. The molecule has 0 radical (unpaired) electrons. The predicted molar refractivity (Wildman–Crippen MR) is 89.2 cm³/mol. The normalized spacial score (nSPS) is 17.1. The fraction of sp³-hybridized carbons (Fsp3) is 0.588. The zero-order chi connectivity index (χ0) is 16.5. The Morgan fingerprint density at radius 2 is 2.09 bits per heavy atom. The minimum Gasteiger partial charge on any atom is -0.444 e. The number of hydrogen-bond acceptors (Lipinski definition) is 3. The predicted octanol–water partition coefficient (Wildman–Crippen LogP) is 3.39. The van der Waals surface area contributed by atoms with Crippen molar-refractivity contribution in [1.29, 1.82) is 0 Å². The van der Waals surface area contributed by atoms with Crippen LogP contribution in [0.15, 0.2) is 18.2 Å². The van der Waals surface area contributed by atoms with E-state index in [1.807, 2.05) is 39.8 Å². The molecule has 122 valence electrons. The quantitative estimate of drug-likeness (QED) is 0.927. The van der Waals surface area contributed by atoms with Crippen LogP contribution in [0.1, 0.15) is 31.9 Å². The zero-order valence-electron chi connectivity index (χ0n) is 13.7. The maximum absolute atomic E-state index is 11.9. The van der Waals surface area contributed by atoms with Crippen LogP contribution in [0.5, 0.6) is 0 Å². The van der Waals surface area contributed by atoms with Gasteiger partial charge in [0.25, 0.3) is 0 Å². The molecule has 1 aliphatic rings. The molecule has 2 N–H and O–H groups in total. The fourth-order valence-electron chi connectivity index (χ4n) is 2.53. The minimum absolute atomic E-state index is 0.0410. The lowest BCUT2D eigenvalue weighted by Gasteiger charge is -2.42. The summed E-state index contributed by atoms with van der Waals surface area (Å²) in [7, 11) is 0. The van der Waals surface area contributed by atoms with Gasteiger partial charge in [-0.1, -0.05) is 23.7 Å². The number of likely N-dealkylation sites (tertiary alicyclic amines) is 1. The summed E-state index contributed by atoms with van der Waals surface area (Å²) in [5.74, 6) is 0.323. The molecule has 1 aromatic carbocycles. The third-order valence-electron chi connectivity index (χ3n) is 3.86. The van der Waals surface area contributed by atoms with Crippen molar-refractivity contribution in [2.75, 3.05) is 13.1 Å². The second-order valence-electron chi connectivity index (χ2n) is 7.10. The summed E-state index contributed by atoms with van der Waals surface area (Å²) < 4.78 is 5.35. The van der Waals surface area contributed by atoms with Gasteiger partial charge < -0.3 is 15.4 Å². The van der Waals surface area contributed by atoms with Crippen LogP contribution in [0.25, 0.3) is 0 Å². The van der Waals surface area contributed by atoms with Gasteiger partial charge in [-0.3, -0.25) is 0 Å². The highest BCUT2D eigenvalue weighted by Crippen LogP contribution is 2.24. The molecule has 1 saturated heterocycles. The van der Waals surface area contributed by atoms with E-state index in [-0.39, 0.29) is 12.1 Å². The molecule has 1 aromatic rings. The third-order valence-corrected chi connectivity index (χ3v) is 4.28. The van der Waals surface area contributed by atoms with Crippen LogP contribution < -0.4 is 5.73 Å². The Kier molecular flexibility index (Phi) is 5.03. The molecule has 0 saturated carbocycles. The van der Waals surface area contributed by atoms with Gasteiger partial charge in [0.2, 0.25) is 0 Å². The van der Waals surface area contributed by atoms with E-state index >= 15 is 0 Å². The summed E-state index contributed by atoms with van der Waals surface area (Å²) in [6, 6.07) is 6.04. The lowest BCUT2D eigenvalue weighted by molar-refractivity contribution is -0.00456. The van der Waals surface area contributed by atoms with Crippen LogP contribution in [0.4, 0.5) is 4.79 Å². The number of nitrogens with two attached hydrogens (primary N) is 1. The monoisotopic (exact) mass is 324 g/mol. The Balaban J connectivity index is 1.82. The molecule has 0 aliphatic carbocycles. The van der Waals surface area contributed by atoms with Gasteiger partial charge in [0.15, 0.2) is 0 Å². The van der Waals surface area contributed by atoms with Gasteiger partial charge in [0.05, 0.1) is 0 Å². The minimum atomic E-state index is -0.453. The molecule has 1 aliphatic heterocycles. The molecule has 1 heterocycles. The van der Waals surface area contributed by atoms with Crippen molar-refractivity contribution in [2.45, 2.75) is 45.8 Å². The maximum atomic E-state index is 11.9. The summed E-state index contributed by atoms with van der Waals surface area (Å²) in [4.78, 5) is 13.6. The molecule has 22 heavy (non-hydrogen) atoms. The van der Waals surface area contributed by atoms with Crippen LogP contribution in [-0.2, 0) is 11.2 Å². The fourth-order valence-corrected chi connectivity index (χ4v) is 2.65. The van der Waals surface area contributed by atoms with Gasteiger partial charge >= 0.3 is 6.09 Å². The van der Waals surface area contributed by atoms with E-state index in [4.69, 9.17) is 22.1 Å². The van der Waals surface area contributed by atoms with E-state index in [0.29, 0.717) is 19.0 Å². The molecular weight excluding hydrogens is 300 g/mol. The van der Waals surface area contributed by atoms with Crippen molar-refractivity contribution >= 4 is 17.7 Å². The molecule has 5 heteroatoms. The number of nitrogens with zero attached hydrogens (tertiary/aromatic N) is 1. The Hall–Kier alpha value is -1.26. The number of halogens is 1. The zero-order valence-corrected chi connectivity index (χ0v) is 14.5. The lowest BCUT2D eigenvalue weighted by Crippen LogP contribution is -2.57. The van der Waals surface area contributed by atoms with Crippen LogP contribution in [0.2, 0.25) is 5.02 Å². The van der Waals surface area contributed by atoms with Crippen molar-refractivity contribution < 1.29 is 9.53 Å². The molecule has 4 nitrogen and oxygen atoms in total. The third kappa shape index (κ3) is 4.37. The highest BCUT2D eigenvalue weighted by molar-refractivity contribution is 6.31. The van der Waals surface area contributed by atoms with Crippen LogP contribution in [0.3, 0.4) is 0 Å². The number of ether oxygens (including phenoxy) is 1.